The summed E-state index contributed by atoms with van der Waals surface area (Å²) in [6, 6.07) is 15.1. The van der Waals surface area contributed by atoms with E-state index in [2.05, 4.69) is 53.0 Å². The van der Waals surface area contributed by atoms with E-state index in [-0.39, 0.29) is 34.4 Å². The first-order chi connectivity index (χ1) is 23.3. The molecule has 2 amide bonds. The normalized spacial score (nSPS) is 15.5. The molecule has 0 N–H and O–H groups in total. The first kappa shape index (κ1) is 40.3. The number of carbonyl (C=O) groups excluding carboxylic acids is 2. The van der Waals surface area contributed by atoms with Crippen molar-refractivity contribution in [2.75, 3.05) is 38.2 Å². The van der Waals surface area contributed by atoms with Crippen LogP contribution < -0.4 is 0 Å². The van der Waals surface area contributed by atoms with Crippen molar-refractivity contribution in [2.45, 2.75) is 92.3 Å². The van der Waals surface area contributed by atoms with E-state index in [1.807, 2.05) is 47.5 Å². The molecule has 1 unspecified atom stereocenters. The van der Waals surface area contributed by atoms with Gasteiger partial charge in [-0.1, -0.05) is 71.9 Å². The van der Waals surface area contributed by atoms with E-state index in [4.69, 9.17) is 4.74 Å². The summed E-state index contributed by atoms with van der Waals surface area (Å²) in [5.41, 5.74) is 2.46. The van der Waals surface area contributed by atoms with Gasteiger partial charge in [-0.3, -0.25) is 9.59 Å². The minimum atomic E-state index is -0.503. The van der Waals surface area contributed by atoms with Crippen LogP contribution >= 0.6 is 11.8 Å². The molecule has 1 aliphatic heterocycles. The lowest BCUT2D eigenvalue weighted by Gasteiger charge is -2.42. The predicted octanol–water partition coefficient (Wildman–Crippen LogP) is 9.23. The highest BCUT2D eigenvalue weighted by molar-refractivity contribution is 7.99. The van der Waals surface area contributed by atoms with Crippen molar-refractivity contribution < 1.29 is 23.1 Å². The monoisotopic (exact) mass is 697 g/mol. The van der Waals surface area contributed by atoms with Crippen LogP contribution in [0.3, 0.4) is 0 Å². The van der Waals surface area contributed by atoms with Crippen molar-refractivity contribution in [3.05, 3.63) is 83.7 Å². The average Bonchev–Trinajstić information content (AvgIpc) is 3.72. The number of hydrogen-bond donors (Lipinski definition) is 0. The number of ether oxygens (including phenoxy) is 1. The topological polar surface area (TPSA) is 54.8 Å². The second-order valence-corrected chi connectivity index (χ2v) is 15.5. The number of amides is 2. The lowest BCUT2D eigenvalue weighted by molar-refractivity contribution is -0.134. The fourth-order valence-corrected chi connectivity index (χ4v) is 7.05. The van der Waals surface area contributed by atoms with Crippen LogP contribution in [0.4, 0.5) is 8.78 Å². The molecule has 0 aliphatic carbocycles. The van der Waals surface area contributed by atoms with E-state index in [9.17, 15) is 18.4 Å². The molecular formula is C40H57F2N3O3S. The summed E-state index contributed by atoms with van der Waals surface area (Å²) in [5, 5.41) is 0. The molecule has 2 heterocycles. The van der Waals surface area contributed by atoms with Gasteiger partial charge in [0.1, 0.15) is 11.6 Å². The Balaban J connectivity index is 0.000000723. The van der Waals surface area contributed by atoms with Gasteiger partial charge in [0.05, 0.1) is 17.4 Å². The lowest BCUT2D eigenvalue weighted by Crippen LogP contribution is -2.45. The number of benzene rings is 2. The Labute approximate surface area is 297 Å². The quantitative estimate of drug-likeness (QED) is 0.117. The van der Waals surface area contributed by atoms with E-state index in [1.165, 1.54) is 6.07 Å². The molecular weight excluding hydrogens is 641 g/mol. The molecule has 49 heavy (non-hydrogen) atoms. The van der Waals surface area contributed by atoms with Crippen LogP contribution in [0.2, 0.25) is 0 Å². The molecule has 0 bridgehead atoms. The number of hydrogen-bond acceptors (Lipinski definition) is 4. The third kappa shape index (κ3) is 11.4. The number of carbonyl (C=O) groups is 2. The van der Waals surface area contributed by atoms with Gasteiger partial charge >= 0.3 is 0 Å². The van der Waals surface area contributed by atoms with Gasteiger partial charge in [0, 0.05) is 56.3 Å². The molecule has 0 saturated carbocycles. The Morgan fingerprint density at radius 3 is 2.31 bits per heavy atom. The molecule has 2 aromatic carbocycles. The molecule has 1 saturated heterocycles. The zero-order chi connectivity index (χ0) is 36.2. The number of rotatable bonds is 15. The SMILES string of the molecule is CCC(C)(CC)OC.CCCSCC(=O)N(CC1CCN(C=O)C1)[C@@H](c1cc(-c2cc(F)ccc2F)cn1Cc1ccccc1)C(C)(C)C. The van der Waals surface area contributed by atoms with E-state index in [0.717, 1.165) is 61.2 Å². The molecule has 1 fully saturated rings. The molecule has 1 aliphatic rings. The van der Waals surface area contributed by atoms with Crippen molar-refractivity contribution in [1.82, 2.24) is 14.4 Å². The molecule has 0 radical (unpaired) electrons. The van der Waals surface area contributed by atoms with Crippen LogP contribution in [0.15, 0.2) is 60.8 Å². The number of likely N-dealkylation sites (tertiary alicyclic amines) is 1. The van der Waals surface area contributed by atoms with Gasteiger partial charge in [-0.15, -0.1) is 0 Å². The Hall–Kier alpha value is -3.17. The molecule has 0 spiro atoms. The highest BCUT2D eigenvalue weighted by atomic mass is 32.2. The maximum absolute atomic E-state index is 15.0. The highest BCUT2D eigenvalue weighted by Crippen LogP contribution is 2.42. The van der Waals surface area contributed by atoms with Crippen molar-refractivity contribution in [1.29, 1.82) is 0 Å². The largest absolute Gasteiger partial charge is 0.379 e. The lowest BCUT2D eigenvalue weighted by atomic mass is 9.82. The second-order valence-electron chi connectivity index (χ2n) is 14.4. The van der Waals surface area contributed by atoms with Gasteiger partial charge in [0.15, 0.2) is 0 Å². The van der Waals surface area contributed by atoms with Crippen LogP contribution in [0.25, 0.3) is 11.1 Å². The standard InChI is InChI=1S/C33H41F2N3O2S.C7H16O/c1-5-15-41-22-31(40)38(20-25-13-14-36(18-25)23-39)32(33(2,3)4)30-16-26(28-17-27(34)11-12-29(28)35)21-37(30)19-24-9-7-6-8-10-24;1-5-7(3,6-2)8-4/h6-12,16-17,21,23,25,32H,5,13-15,18-20,22H2,1-4H3;5-6H2,1-4H3/t25?,32-;/m0./s1. The summed E-state index contributed by atoms with van der Waals surface area (Å²) in [7, 11) is 1.77. The van der Waals surface area contributed by atoms with Gasteiger partial charge in [-0.25, -0.2) is 8.78 Å². The summed E-state index contributed by atoms with van der Waals surface area (Å²) in [6.07, 6.45) is 6.78. The molecule has 1 aromatic heterocycles. The van der Waals surface area contributed by atoms with E-state index in [1.54, 1.807) is 23.8 Å². The summed E-state index contributed by atoms with van der Waals surface area (Å²) >= 11 is 1.63. The average molecular weight is 698 g/mol. The Morgan fingerprint density at radius 2 is 1.76 bits per heavy atom. The fourth-order valence-electron chi connectivity index (χ4n) is 6.27. The first-order valence-electron chi connectivity index (χ1n) is 17.6. The molecule has 9 heteroatoms. The molecule has 6 nitrogen and oxygen atoms in total. The Kier molecular flexibility index (Phi) is 15.4. The van der Waals surface area contributed by atoms with Crippen LogP contribution in [0.5, 0.6) is 0 Å². The van der Waals surface area contributed by atoms with Crippen molar-refractivity contribution >= 4 is 24.1 Å². The maximum Gasteiger partial charge on any atom is 0.233 e. The number of aromatic nitrogens is 1. The van der Waals surface area contributed by atoms with Crippen molar-refractivity contribution in [3.8, 4) is 11.1 Å². The van der Waals surface area contributed by atoms with Crippen LogP contribution in [0.1, 0.15) is 91.4 Å². The van der Waals surface area contributed by atoms with Gasteiger partial charge in [0.25, 0.3) is 0 Å². The zero-order valence-corrected chi connectivity index (χ0v) is 31.6. The minimum absolute atomic E-state index is 0.0545. The number of thioether (sulfide) groups is 1. The first-order valence-corrected chi connectivity index (χ1v) is 18.8. The van der Waals surface area contributed by atoms with Crippen LogP contribution in [-0.4, -0.2) is 70.5 Å². The Morgan fingerprint density at radius 1 is 1.06 bits per heavy atom. The number of halogens is 2. The summed E-state index contributed by atoms with van der Waals surface area (Å²) in [6.45, 7) is 17.2. The van der Waals surface area contributed by atoms with Crippen LogP contribution in [-0.2, 0) is 20.9 Å². The molecule has 3 aromatic rings. The molecule has 2 atom stereocenters. The predicted molar refractivity (Wildman–Crippen MR) is 199 cm³/mol. The second kappa shape index (κ2) is 18.7. The number of methoxy groups -OCH3 is 1. The minimum Gasteiger partial charge on any atom is -0.379 e. The maximum atomic E-state index is 15.0. The van der Waals surface area contributed by atoms with Gasteiger partial charge < -0.3 is 19.1 Å². The summed E-state index contributed by atoms with van der Waals surface area (Å²) in [4.78, 5) is 29.2. The van der Waals surface area contributed by atoms with E-state index in [0.29, 0.717) is 37.5 Å². The smallest absolute Gasteiger partial charge is 0.233 e. The zero-order valence-electron chi connectivity index (χ0n) is 30.8. The van der Waals surface area contributed by atoms with Crippen molar-refractivity contribution in [2.24, 2.45) is 11.3 Å². The highest BCUT2D eigenvalue weighted by Gasteiger charge is 2.39. The third-order valence-electron chi connectivity index (χ3n) is 9.58. The molecule has 270 valence electrons. The van der Waals surface area contributed by atoms with Crippen molar-refractivity contribution in [3.63, 3.8) is 0 Å². The summed E-state index contributed by atoms with van der Waals surface area (Å²) < 4.78 is 36.5. The third-order valence-corrected chi connectivity index (χ3v) is 10.7. The van der Waals surface area contributed by atoms with Gasteiger partial charge in [-0.05, 0) is 79.5 Å². The van der Waals surface area contributed by atoms with Gasteiger partial charge in [-0.2, -0.15) is 11.8 Å². The van der Waals surface area contributed by atoms with E-state index < -0.39 is 11.6 Å². The number of nitrogens with zero attached hydrogens (tertiary/aromatic N) is 3. The molecule has 4 rings (SSSR count). The van der Waals surface area contributed by atoms with Crippen LogP contribution in [0, 0.1) is 23.0 Å². The fraction of sp³-hybridized carbons (Fsp3) is 0.550. The summed E-state index contributed by atoms with van der Waals surface area (Å²) in [5.74, 6) is 0.495. The van der Waals surface area contributed by atoms with E-state index >= 15 is 0 Å². The van der Waals surface area contributed by atoms with Gasteiger partial charge in [0.2, 0.25) is 12.3 Å². The Bertz CT molecular complexity index is 1460.